The van der Waals surface area contributed by atoms with E-state index in [1.807, 2.05) is 25.7 Å². The molecule has 1 heterocycles. The van der Waals surface area contributed by atoms with E-state index in [1.54, 1.807) is 0 Å². The van der Waals surface area contributed by atoms with Crippen molar-refractivity contribution in [2.75, 3.05) is 52.0 Å². The summed E-state index contributed by atoms with van der Waals surface area (Å²) in [5.74, 6) is 3.03. The van der Waals surface area contributed by atoms with Gasteiger partial charge in [0.15, 0.2) is 5.96 Å². The van der Waals surface area contributed by atoms with Gasteiger partial charge in [-0.25, -0.2) is 0 Å². The molecule has 0 unspecified atom stereocenters. The van der Waals surface area contributed by atoms with Gasteiger partial charge in [0.2, 0.25) is 0 Å². The topological polar surface area (TPSA) is 54.9 Å². The van der Waals surface area contributed by atoms with Crippen molar-refractivity contribution in [3.05, 3.63) is 29.8 Å². The summed E-state index contributed by atoms with van der Waals surface area (Å²) < 4.78 is 11.2. The number of nitrogens with one attached hydrogen (secondary N) is 2. The van der Waals surface area contributed by atoms with Crippen molar-refractivity contribution < 1.29 is 9.47 Å². The molecule has 0 spiro atoms. The first-order valence-electron chi connectivity index (χ1n) is 9.98. The molecule has 27 heavy (non-hydrogen) atoms. The summed E-state index contributed by atoms with van der Waals surface area (Å²) in [4.78, 5) is 4.39. The van der Waals surface area contributed by atoms with Crippen LogP contribution in [0.2, 0.25) is 0 Å². The maximum absolute atomic E-state index is 5.64. The molecule has 1 aliphatic heterocycles. The molecule has 152 valence electrons. The normalized spacial score (nSPS) is 16.8. The fourth-order valence-electron chi connectivity index (χ4n) is 3.45. The minimum Gasteiger partial charge on any atom is -0.494 e. The molecule has 1 saturated heterocycles. The summed E-state index contributed by atoms with van der Waals surface area (Å²) in [6, 6.07) is 8.57. The number of guanidine groups is 1. The maximum atomic E-state index is 5.64. The molecule has 0 bridgehead atoms. The van der Waals surface area contributed by atoms with Crippen molar-refractivity contribution in [1.29, 1.82) is 0 Å². The van der Waals surface area contributed by atoms with E-state index in [9.17, 15) is 0 Å². The van der Waals surface area contributed by atoms with Gasteiger partial charge in [-0.2, -0.15) is 11.8 Å². The summed E-state index contributed by atoms with van der Waals surface area (Å²) >= 11 is 1.90. The average molecular weight is 394 g/mol. The van der Waals surface area contributed by atoms with Crippen LogP contribution in [-0.2, 0) is 10.2 Å². The molecule has 0 amide bonds. The van der Waals surface area contributed by atoms with Crippen LogP contribution in [0.4, 0.5) is 0 Å². The number of nitrogens with zero attached hydrogens (tertiary/aromatic N) is 1. The van der Waals surface area contributed by atoms with Gasteiger partial charge < -0.3 is 20.1 Å². The third-order valence-corrected chi connectivity index (χ3v) is 5.81. The van der Waals surface area contributed by atoms with Crippen molar-refractivity contribution in [1.82, 2.24) is 10.6 Å². The summed E-state index contributed by atoms with van der Waals surface area (Å²) in [5, 5.41) is 7.00. The molecule has 5 nitrogen and oxygen atoms in total. The van der Waals surface area contributed by atoms with Gasteiger partial charge in [-0.05, 0) is 62.3 Å². The molecule has 1 fully saturated rings. The highest BCUT2D eigenvalue weighted by Gasteiger charge is 2.34. The van der Waals surface area contributed by atoms with Crippen molar-refractivity contribution in [3.8, 4) is 5.75 Å². The highest BCUT2D eigenvalue weighted by Crippen LogP contribution is 2.35. The van der Waals surface area contributed by atoms with Crippen LogP contribution in [-0.4, -0.2) is 57.9 Å². The van der Waals surface area contributed by atoms with E-state index < -0.39 is 0 Å². The Morgan fingerprint density at radius 1 is 1.19 bits per heavy atom. The monoisotopic (exact) mass is 393 g/mol. The van der Waals surface area contributed by atoms with Crippen LogP contribution < -0.4 is 15.4 Å². The summed E-state index contributed by atoms with van der Waals surface area (Å²) in [6.45, 7) is 6.12. The molecule has 1 aliphatic rings. The Balaban J connectivity index is 1.96. The van der Waals surface area contributed by atoms with Crippen LogP contribution in [0.15, 0.2) is 29.3 Å². The number of rotatable bonds is 10. The van der Waals surface area contributed by atoms with Gasteiger partial charge in [0.05, 0.1) is 6.61 Å². The second-order valence-corrected chi connectivity index (χ2v) is 7.89. The van der Waals surface area contributed by atoms with Crippen molar-refractivity contribution in [2.24, 2.45) is 4.99 Å². The fraction of sp³-hybridized carbons (Fsp3) is 0.667. The van der Waals surface area contributed by atoms with Gasteiger partial charge in [-0.1, -0.05) is 12.1 Å². The van der Waals surface area contributed by atoms with E-state index in [0.717, 1.165) is 50.9 Å². The molecule has 1 aromatic carbocycles. The van der Waals surface area contributed by atoms with Gasteiger partial charge >= 0.3 is 0 Å². The van der Waals surface area contributed by atoms with E-state index >= 15 is 0 Å². The van der Waals surface area contributed by atoms with E-state index in [0.29, 0.717) is 6.61 Å². The van der Waals surface area contributed by atoms with E-state index in [4.69, 9.17) is 9.47 Å². The lowest BCUT2D eigenvalue weighted by Gasteiger charge is -2.38. The van der Waals surface area contributed by atoms with Crippen LogP contribution in [0.25, 0.3) is 0 Å². The predicted molar refractivity (Wildman–Crippen MR) is 116 cm³/mol. The van der Waals surface area contributed by atoms with Gasteiger partial charge in [-0.3, -0.25) is 4.99 Å². The summed E-state index contributed by atoms with van der Waals surface area (Å²) in [7, 11) is 1.84. The number of benzene rings is 1. The van der Waals surface area contributed by atoms with Gasteiger partial charge in [0.1, 0.15) is 5.75 Å². The molecule has 1 aromatic rings. The second-order valence-electron chi connectivity index (χ2n) is 6.90. The first-order valence-corrected chi connectivity index (χ1v) is 11.4. The molecular formula is C21H35N3O2S. The van der Waals surface area contributed by atoms with E-state index in [2.05, 4.69) is 46.1 Å². The Morgan fingerprint density at radius 3 is 2.56 bits per heavy atom. The first-order chi connectivity index (χ1) is 13.2. The van der Waals surface area contributed by atoms with Crippen molar-refractivity contribution >= 4 is 17.7 Å². The van der Waals surface area contributed by atoms with Crippen molar-refractivity contribution in [2.45, 2.75) is 38.0 Å². The Labute approximate surface area is 168 Å². The lowest BCUT2D eigenvalue weighted by molar-refractivity contribution is 0.0513. The molecular weight excluding hydrogens is 358 g/mol. The molecule has 0 radical (unpaired) electrons. The Bertz CT molecular complexity index is 557. The number of aliphatic imine (C=N–C) groups is 1. The minimum absolute atomic E-state index is 0.0689. The smallest absolute Gasteiger partial charge is 0.191 e. The van der Waals surface area contributed by atoms with E-state index in [1.165, 1.54) is 24.2 Å². The zero-order chi connectivity index (χ0) is 19.4. The third kappa shape index (κ3) is 6.92. The molecule has 2 N–H and O–H groups in total. The molecule has 2 rings (SSSR count). The summed E-state index contributed by atoms with van der Waals surface area (Å²) in [5.41, 5.74) is 1.41. The van der Waals surface area contributed by atoms with Crippen LogP contribution in [0.5, 0.6) is 5.75 Å². The quantitative estimate of drug-likeness (QED) is 0.362. The number of thioether (sulfide) groups is 1. The molecule has 6 heteroatoms. The highest BCUT2D eigenvalue weighted by atomic mass is 32.2. The standard InChI is InChI=1S/C21H35N3O2S/c1-4-26-19-9-7-18(8-10-19)21(11-14-25-15-12-21)17-24-20(22-2)23-13-5-6-16-27-3/h7-10H,4-6,11-17H2,1-3H3,(H2,22,23,24). The zero-order valence-corrected chi connectivity index (χ0v) is 17.9. The largest absolute Gasteiger partial charge is 0.494 e. The third-order valence-electron chi connectivity index (χ3n) is 5.11. The number of unbranched alkanes of at least 4 members (excludes halogenated alkanes) is 1. The number of ether oxygens (including phenoxy) is 2. The maximum Gasteiger partial charge on any atom is 0.191 e. The number of hydrogen-bond donors (Lipinski definition) is 2. The summed E-state index contributed by atoms with van der Waals surface area (Å²) in [6.07, 6.45) is 6.58. The van der Waals surface area contributed by atoms with Gasteiger partial charge in [0.25, 0.3) is 0 Å². The fourth-order valence-corrected chi connectivity index (χ4v) is 3.95. The zero-order valence-electron chi connectivity index (χ0n) is 17.1. The lowest BCUT2D eigenvalue weighted by atomic mass is 9.74. The van der Waals surface area contributed by atoms with Gasteiger partial charge in [0, 0.05) is 38.8 Å². The van der Waals surface area contributed by atoms with Gasteiger partial charge in [-0.15, -0.1) is 0 Å². The van der Waals surface area contributed by atoms with Crippen molar-refractivity contribution in [3.63, 3.8) is 0 Å². The SMILES string of the molecule is CCOc1ccc(C2(CNC(=NC)NCCCCSC)CCOCC2)cc1. The predicted octanol–water partition coefficient (Wildman–Crippen LogP) is 3.44. The molecule has 0 aliphatic carbocycles. The van der Waals surface area contributed by atoms with Crippen LogP contribution >= 0.6 is 11.8 Å². The average Bonchev–Trinajstić information content (AvgIpc) is 2.71. The Hall–Kier alpha value is -1.40. The Kier molecular flexibility index (Phi) is 9.84. The molecule has 0 saturated carbocycles. The van der Waals surface area contributed by atoms with E-state index in [-0.39, 0.29) is 5.41 Å². The first kappa shape index (κ1) is 21.9. The lowest BCUT2D eigenvalue weighted by Crippen LogP contribution is -2.48. The highest BCUT2D eigenvalue weighted by molar-refractivity contribution is 7.98. The molecule has 0 aromatic heterocycles. The van der Waals surface area contributed by atoms with Crippen LogP contribution in [0.3, 0.4) is 0 Å². The molecule has 0 atom stereocenters. The van der Waals surface area contributed by atoms with Crippen LogP contribution in [0.1, 0.15) is 38.2 Å². The number of hydrogen-bond acceptors (Lipinski definition) is 4. The Morgan fingerprint density at radius 2 is 1.93 bits per heavy atom. The van der Waals surface area contributed by atoms with Crippen LogP contribution in [0, 0.1) is 0 Å². The minimum atomic E-state index is 0.0689. The second kappa shape index (κ2) is 12.1.